The van der Waals surface area contributed by atoms with Gasteiger partial charge in [0.15, 0.2) is 0 Å². The first-order valence-electron chi connectivity index (χ1n) is 6.61. The molecule has 1 aromatic heterocycles. The minimum absolute atomic E-state index is 0.171. The topological polar surface area (TPSA) is 79.3 Å². The molecule has 0 bridgehead atoms. The highest BCUT2D eigenvalue weighted by Gasteiger charge is 2.44. The molecule has 0 spiro atoms. The van der Waals surface area contributed by atoms with Crippen LogP contribution in [-0.2, 0) is 16.0 Å². The SMILES string of the molecule is CC(C)(NC(=O)CCc1ccccn1)C(C)(C)C(=O)O. The molecule has 1 rings (SSSR count). The summed E-state index contributed by atoms with van der Waals surface area (Å²) in [5, 5.41) is 12.0. The molecule has 0 saturated carbocycles. The summed E-state index contributed by atoms with van der Waals surface area (Å²) in [5.41, 5.74) is -1.04. The summed E-state index contributed by atoms with van der Waals surface area (Å²) in [6, 6.07) is 5.55. The predicted octanol–water partition coefficient (Wildman–Crippen LogP) is 2.02. The molecule has 110 valence electrons. The van der Waals surface area contributed by atoms with Crippen LogP contribution in [0.25, 0.3) is 0 Å². The number of amides is 1. The molecule has 20 heavy (non-hydrogen) atoms. The van der Waals surface area contributed by atoms with Crippen molar-refractivity contribution in [2.75, 3.05) is 0 Å². The molecule has 2 N–H and O–H groups in total. The fourth-order valence-electron chi connectivity index (χ4n) is 1.62. The maximum absolute atomic E-state index is 12.0. The van der Waals surface area contributed by atoms with Crippen LogP contribution in [-0.4, -0.2) is 27.5 Å². The molecular formula is C15H22N2O3. The Balaban J connectivity index is 2.60. The van der Waals surface area contributed by atoms with Crippen molar-refractivity contribution in [2.24, 2.45) is 5.41 Å². The van der Waals surface area contributed by atoms with Gasteiger partial charge in [-0.25, -0.2) is 0 Å². The Labute approximate surface area is 119 Å². The van der Waals surface area contributed by atoms with Crippen molar-refractivity contribution in [1.29, 1.82) is 0 Å². The molecule has 1 heterocycles. The molecule has 0 radical (unpaired) electrons. The van der Waals surface area contributed by atoms with E-state index in [0.29, 0.717) is 6.42 Å². The Hall–Kier alpha value is -1.91. The number of rotatable bonds is 6. The van der Waals surface area contributed by atoms with Gasteiger partial charge < -0.3 is 10.4 Å². The zero-order valence-electron chi connectivity index (χ0n) is 12.4. The van der Waals surface area contributed by atoms with Crippen molar-refractivity contribution < 1.29 is 14.7 Å². The minimum atomic E-state index is -1.05. The van der Waals surface area contributed by atoms with Crippen LogP contribution < -0.4 is 5.32 Å². The van der Waals surface area contributed by atoms with Crippen LogP contribution in [0.15, 0.2) is 24.4 Å². The second-order valence-corrected chi connectivity index (χ2v) is 5.92. The number of hydrogen-bond donors (Lipinski definition) is 2. The lowest BCUT2D eigenvalue weighted by molar-refractivity contribution is -0.151. The minimum Gasteiger partial charge on any atom is -0.481 e. The van der Waals surface area contributed by atoms with Crippen LogP contribution in [0.3, 0.4) is 0 Å². The quantitative estimate of drug-likeness (QED) is 0.834. The number of nitrogens with one attached hydrogen (secondary N) is 1. The first-order chi connectivity index (χ1) is 9.17. The zero-order chi connectivity index (χ0) is 15.4. The lowest BCUT2D eigenvalue weighted by Crippen LogP contribution is -2.57. The Kier molecular flexibility index (Phi) is 4.87. The number of aliphatic carboxylic acids is 1. The van der Waals surface area contributed by atoms with Gasteiger partial charge in [0.05, 0.1) is 5.41 Å². The van der Waals surface area contributed by atoms with Gasteiger partial charge in [-0.05, 0) is 46.2 Å². The van der Waals surface area contributed by atoms with E-state index in [4.69, 9.17) is 0 Å². The van der Waals surface area contributed by atoms with E-state index in [9.17, 15) is 14.7 Å². The van der Waals surface area contributed by atoms with E-state index in [2.05, 4.69) is 10.3 Å². The van der Waals surface area contributed by atoms with Crippen molar-refractivity contribution in [3.63, 3.8) is 0 Å². The normalized spacial score (nSPS) is 12.0. The zero-order valence-corrected chi connectivity index (χ0v) is 12.4. The number of carbonyl (C=O) groups is 2. The van der Waals surface area contributed by atoms with Gasteiger partial charge in [0.2, 0.25) is 5.91 Å². The lowest BCUT2D eigenvalue weighted by atomic mass is 9.74. The molecule has 0 aromatic carbocycles. The maximum atomic E-state index is 12.0. The Bertz CT molecular complexity index is 481. The summed E-state index contributed by atoms with van der Waals surface area (Å²) in [7, 11) is 0. The van der Waals surface area contributed by atoms with Gasteiger partial charge in [-0.2, -0.15) is 0 Å². The first kappa shape index (κ1) is 16.1. The van der Waals surface area contributed by atoms with Crippen LogP contribution in [0.2, 0.25) is 0 Å². The van der Waals surface area contributed by atoms with Gasteiger partial charge in [-0.3, -0.25) is 14.6 Å². The van der Waals surface area contributed by atoms with Gasteiger partial charge in [0, 0.05) is 23.9 Å². The van der Waals surface area contributed by atoms with Gasteiger partial charge >= 0.3 is 5.97 Å². The van der Waals surface area contributed by atoms with E-state index in [1.807, 2.05) is 18.2 Å². The summed E-state index contributed by atoms with van der Waals surface area (Å²) in [6.07, 6.45) is 2.51. The molecule has 1 aromatic rings. The largest absolute Gasteiger partial charge is 0.481 e. The predicted molar refractivity (Wildman–Crippen MR) is 76.2 cm³/mol. The summed E-state index contributed by atoms with van der Waals surface area (Å²) in [5.74, 6) is -1.11. The van der Waals surface area contributed by atoms with Crippen LogP contribution in [0.5, 0.6) is 0 Å². The number of pyridine rings is 1. The first-order valence-corrected chi connectivity index (χ1v) is 6.61. The molecule has 0 saturated heterocycles. The number of carboxylic acid groups (broad SMARTS) is 1. The third-order valence-corrected chi connectivity index (χ3v) is 3.88. The monoisotopic (exact) mass is 278 g/mol. The van der Waals surface area contributed by atoms with Crippen molar-refractivity contribution in [1.82, 2.24) is 10.3 Å². The van der Waals surface area contributed by atoms with Crippen molar-refractivity contribution in [3.8, 4) is 0 Å². The standard InChI is InChI=1S/C15H22N2O3/c1-14(2,13(19)20)15(3,4)17-12(18)9-8-11-7-5-6-10-16-11/h5-7,10H,8-9H2,1-4H3,(H,17,18)(H,19,20). The Morgan fingerprint density at radius 2 is 1.90 bits per heavy atom. The summed E-state index contributed by atoms with van der Waals surface area (Å²) in [4.78, 5) is 27.4. The molecule has 0 unspecified atom stereocenters. The van der Waals surface area contributed by atoms with Crippen molar-refractivity contribution >= 4 is 11.9 Å². The summed E-state index contributed by atoms with van der Waals surface area (Å²) >= 11 is 0. The van der Waals surface area contributed by atoms with E-state index in [-0.39, 0.29) is 12.3 Å². The third kappa shape index (κ3) is 3.79. The van der Waals surface area contributed by atoms with E-state index in [0.717, 1.165) is 5.69 Å². The maximum Gasteiger partial charge on any atom is 0.311 e. The van der Waals surface area contributed by atoms with Crippen LogP contribution >= 0.6 is 0 Å². The van der Waals surface area contributed by atoms with Gasteiger partial charge in [-0.1, -0.05) is 6.07 Å². The summed E-state index contributed by atoms with van der Waals surface area (Å²) in [6.45, 7) is 6.66. The molecule has 0 fully saturated rings. The highest BCUT2D eigenvalue weighted by molar-refractivity contribution is 5.80. The van der Waals surface area contributed by atoms with E-state index in [1.54, 1.807) is 33.9 Å². The number of carbonyl (C=O) groups excluding carboxylic acids is 1. The molecule has 5 nitrogen and oxygen atoms in total. The number of nitrogens with zero attached hydrogens (tertiary/aromatic N) is 1. The molecule has 5 heteroatoms. The van der Waals surface area contributed by atoms with Crippen LogP contribution in [0.4, 0.5) is 0 Å². The van der Waals surface area contributed by atoms with E-state index >= 15 is 0 Å². The van der Waals surface area contributed by atoms with Gasteiger partial charge in [-0.15, -0.1) is 0 Å². The second-order valence-electron chi connectivity index (χ2n) is 5.92. The molecule has 1 amide bonds. The van der Waals surface area contributed by atoms with Gasteiger partial charge in [0.1, 0.15) is 0 Å². The van der Waals surface area contributed by atoms with Crippen LogP contribution in [0, 0.1) is 5.41 Å². The van der Waals surface area contributed by atoms with E-state index in [1.165, 1.54) is 0 Å². The number of carboxylic acids is 1. The molecule has 0 aliphatic carbocycles. The third-order valence-electron chi connectivity index (χ3n) is 3.88. The van der Waals surface area contributed by atoms with E-state index < -0.39 is 16.9 Å². The fourth-order valence-corrected chi connectivity index (χ4v) is 1.62. The fraction of sp³-hybridized carbons (Fsp3) is 0.533. The number of hydrogen-bond acceptors (Lipinski definition) is 3. The lowest BCUT2D eigenvalue weighted by Gasteiger charge is -2.38. The molecular weight excluding hydrogens is 256 g/mol. The number of aromatic nitrogens is 1. The van der Waals surface area contributed by atoms with Crippen molar-refractivity contribution in [3.05, 3.63) is 30.1 Å². The smallest absolute Gasteiger partial charge is 0.311 e. The highest BCUT2D eigenvalue weighted by Crippen LogP contribution is 2.30. The molecule has 0 aliphatic heterocycles. The highest BCUT2D eigenvalue weighted by atomic mass is 16.4. The Morgan fingerprint density at radius 3 is 2.40 bits per heavy atom. The average Bonchev–Trinajstić information content (AvgIpc) is 2.36. The van der Waals surface area contributed by atoms with Crippen molar-refractivity contribution in [2.45, 2.75) is 46.1 Å². The average molecular weight is 278 g/mol. The summed E-state index contributed by atoms with van der Waals surface area (Å²) < 4.78 is 0. The molecule has 0 aliphatic rings. The number of aryl methyl sites for hydroxylation is 1. The van der Waals surface area contributed by atoms with Gasteiger partial charge in [0.25, 0.3) is 0 Å². The molecule has 0 atom stereocenters. The Morgan fingerprint density at radius 1 is 1.25 bits per heavy atom. The van der Waals surface area contributed by atoms with Crippen LogP contribution in [0.1, 0.15) is 39.8 Å². The second kappa shape index (κ2) is 6.03.